The molecule has 0 radical (unpaired) electrons. The highest BCUT2D eigenvalue weighted by atomic mass is 19.1. The van der Waals surface area contributed by atoms with Crippen LogP contribution in [0, 0.1) is 5.82 Å². The number of carbonyl (C=O) groups excluding carboxylic acids is 1. The third-order valence-corrected chi connectivity index (χ3v) is 4.09. The minimum atomic E-state index is -0.518. The van der Waals surface area contributed by atoms with Crippen LogP contribution in [0.4, 0.5) is 10.1 Å². The Bertz CT molecular complexity index is 968. The molecule has 1 N–H and O–H groups in total. The summed E-state index contributed by atoms with van der Waals surface area (Å²) in [7, 11) is 1.53. The molecule has 0 aliphatic carbocycles. The number of ether oxygens (including phenoxy) is 2. The minimum absolute atomic E-state index is 0.0908. The molecule has 144 valence electrons. The van der Waals surface area contributed by atoms with Gasteiger partial charge in [-0.05, 0) is 54.4 Å². The van der Waals surface area contributed by atoms with Gasteiger partial charge in [0, 0.05) is 18.1 Å². The van der Waals surface area contributed by atoms with E-state index in [1.165, 1.54) is 13.2 Å². The first-order chi connectivity index (χ1) is 13.6. The Morgan fingerprint density at radius 1 is 1.18 bits per heavy atom. The van der Waals surface area contributed by atoms with E-state index >= 15 is 0 Å². The minimum Gasteiger partial charge on any atom is -0.493 e. The molecule has 0 saturated carbocycles. The molecular weight excluding hydrogens is 359 g/mol. The first-order valence-electron chi connectivity index (χ1n) is 8.74. The van der Waals surface area contributed by atoms with Crippen LogP contribution in [0.5, 0.6) is 11.5 Å². The molecule has 6 heteroatoms. The van der Waals surface area contributed by atoms with E-state index in [-0.39, 0.29) is 12.3 Å². The summed E-state index contributed by atoms with van der Waals surface area (Å²) in [5.74, 6) is -0.0312. The number of aromatic nitrogens is 1. The molecule has 1 heterocycles. The van der Waals surface area contributed by atoms with Crippen molar-refractivity contribution in [1.82, 2.24) is 4.57 Å². The van der Waals surface area contributed by atoms with Gasteiger partial charge in [-0.2, -0.15) is 0 Å². The summed E-state index contributed by atoms with van der Waals surface area (Å²) in [6, 6.07) is 13.7. The van der Waals surface area contributed by atoms with Gasteiger partial charge in [0.1, 0.15) is 5.82 Å². The SMILES string of the molecule is C=CCc1ccc(OCC(=O)Nc2cc(-n3cccc3)ccc2F)c(OC)c1. The Labute approximate surface area is 163 Å². The van der Waals surface area contributed by atoms with E-state index in [1.54, 1.807) is 24.3 Å². The van der Waals surface area contributed by atoms with Crippen LogP contribution in [0.15, 0.2) is 73.6 Å². The summed E-state index contributed by atoms with van der Waals surface area (Å²) in [5.41, 5.74) is 1.85. The molecule has 0 aliphatic rings. The maximum Gasteiger partial charge on any atom is 0.262 e. The summed E-state index contributed by atoms with van der Waals surface area (Å²) in [4.78, 5) is 12.2. The van der Waals surface area contributed by atoms with Gasteiger partial charge in [-0.15, -0.1) is 6.58 Å². The predicted octanol–water partition coefficient (Wildman–Crippen LogP) is 4.37. The third kappa shape index (κ3) is 4.59. The van der Waals surface area contributed by atoms with Gasteiger partial charge in [0.05, 0.1) is 12.8 Å². The quantitative estimate of drug-likeness (QED) is 0.591. The van der Waals surface area contributed by atoms with E-state index in [2.05, 4.69) is 11.9 Å². The fourth-order valence-corrected chi connectivity index (χ4v) is 2.73. The largest absolute Gasteiger partial charge is 0.493 e. The molecule has 2 aromatic carbocycles. The number of anilines is 1. The number of benzene rings is 2. The summed E-state index contributed by atoms with van der Waals surface area (Å²) >= 11 is 0. The molecule has 1 aromatic heterocycles. The number of nitrogens with zero attached hydrogens (tertiary/aromatic N) is 1. The van der Waals surface area contributed by atoms with Crippen molar-refractivity contribution in [2.45, 2.75) is 6.42 Å². The van der Waals surface area contributed by atoms with Gasteiger partial charge in [-0.1, -0.05) is 12.1 Å². The molecule has 5 nitrogen and oxygen atoms in total. The van der Waals surface area contributed by atoms with E-state index in [0.29, 0.717) is 17.9 Å². The van der Waals surface area contributed by atoms with Crippen LogP contribution in [0.25, 0.3) is 5.69 Å². The van der Waals surface area contributed by atoms with Crippen LogP contribution < -0.4 is 14.8 Å². The van der Waals surface area contributed by atoms with Gasteiger partial charge in [-0.25, -0.2) is 4.39 Å². The van der Waals surface area contributed by atoms with Gasteiger partial charge in [0.25, 0.3) is 5.91 Å². The van der Waals surface area contributed by atoms with E-state index in [0.717, 1.165) is 11.3 Å². The van der Waals surface area contributed by atoms with Crippen molar-refractivity contribution < 1.29 is 18.7 Å². The number of hydrogen-bond donors (Lipinski definition) is 1. The number of halogens is 1. The van der Waals surface area contributed by atoms with Crippen LogP contribution in [-0.4, -0.2) is 24.2 Å². The van der Waals surface area contributed by atoms with Gasteiger partial charge < -0.3 is 19.4 Å². The Hall–Kier alpha value is -3.54. The molecule has 3 aromatic rings. The van der Waals surface area contributed by atoms with Crippen LogP contribution >= 0.6 is 0 Å². The molecule has 0 bridgehead atoms. The number of rotatable bonds is 8. The lowest BCUT2D eigenvalue weighted by Gasteiger charge is -2.13. The van der Waals surface area contributed by atoms with E-state index in [9.17, 15) is 9.18 Å². The Morgan fingerprint density at radius 2 is 1.96 bits per heavy atom. The first kappa shape index (κ1) is 19.2. The second kappa shape index (κ2) is 8.90. The highest BCUT2D eigenvalue weighted by Gasteiger charge is 2.12. The maximum absolute atomic E-state index is 14.1. The Balaban J connectivity index is 1.66. The standard InChI is InChI=1S/C22H21FN2O3/c1-3-6-16-7-10-20(21(13-16)27-2)28-15-22(26)24-19-14-17(8-9-18(19)23)25-11-4-5-12-25/h3-5,7-14H,1,6,15H2,2H3,(H,24,26). The average Bonchev–Trinajstić information content (AvgIpc) is 3.23. The van der Waals surface area contributed by atoms with Crippen molar-refractivity contribution in [3.8, 4) is 17.2 Å². The van der Waals surface area contributed by atoms with Crippen molar-refractivity contribution in [2.24, 2.45) is 0 Å². The first-order valence-corrected chi connectivity index (χ1v) is 8.74. The van der Waals surface area contributed by atoms with Gasteiger partial charge in [0.2, 0.25) is 0 Å². The van der Waals surface area contributed by atoms with Crippen molar-refractivity contribution in [3.05, 3.63) is 85.0 Å². The Kier molecular flexibility index (Phi) is 6.11. The van der Waals surface area contributed by atoms with Crippen molar-refractivity contribution in [1.29, 1.82) is 0 Å². The highest BCUT2D eigenvalue weighted by Crippen LogP contribution is 2.28. The van der Waals surface area contributed by atoms with Crippen molar-refractivity contribution in [2.75, 3.05) is 19.0 Å². The summed E-state index contributed by atoms with van der Waals surface area (Å²) < 4.78 is 26.8. The predicted molar refractivity (Wildman–Crippen MR) is 107 cm³/mol. The smallest absolute Gasteiger partial charge is 0.262 e. The second-order valence-electron chi connectivity index (χ2n) is 6.07. The lowest BCUT2D eigenvalue weighted by Crippen LogP contribution is -2.21. The average molecular weight is 380 g/mol. The van der Waals surface area contributed by atoms with Crippen LogP contribution in [0.1, 0.15) is 5.56 Å². The summed E-state index contributed by atoms with van der Waals surface area (Å²) in [6.45, 7) is 3.43. The zero-order valence-corrected chi connectivity index (χ0v) is 15.5. The van der Waals surface area contributed by atoms with Crippen LogP contribution in [0.3, 0.4) is 0 Å². The normalized spacial score (nSPS) is 10.4. The number of methoxy groups -OCH3 is 1. The second-order valence-corrected chi connectivity index (χ2v) is 6.07. The molecule has 0 fully saturated rings. The summed E-state index contributed by atoms with van der Waals surface area (Å²) in [6.07, 6.45) is 6.17. The zero-order valence-electron chi connectivity index (χ0n) is 15.5. The van der Waals surface area contributed by atoms with Crippen molar-refractivity contribution >= 4 is 11.6 Å². The van der Waals surface area contributed by atoms with Crippen LogP contribution in [-0.2, 0) is 11.2 Å². The lowest BCUT2D eigenvalue weighted by atomic mass is 10.1. The highest BCUT2D eigenvalue weighted by molar-refractivity contribution is 5.92. The molecule has 1 amide bonds. The third-order valence-electron chi connectivity index (χ3n) is 4.09. The number of nitrogens with one attached hydrogen (secondary N) is 1. The molecule has 0 aliphatic heterocycles. The molecule has 0 saturated heterocycles. The molecular formula is C22H21FN2O3. The number of hydrogen-bond acceptors (Lipinski definition) is 3. The van der Waals surface area contributed by atoms with Gasteiger partial charge >= 0.3 is 0 Å². The fraction of sp³-hybridized carbons (Fsp3) is 0.136. The van der Waals surface area contributed by atoms with Crippen LogP contribution in [0.2, 0.25) is 0 Å². The zero-order chi connectivity index (χ0) is 19.9. The number of amides is 1. The van der Waals surface area contributed by atoms with E-state index in [1.807, 2.05) is 41.2 Å². The van der Waals surface area contributed by atoms with Gasteiger partial charge in [-0.3, -0.25) is 4.79 Å². The molecule has 3 rings (SSSR count). The number of carbonyl (C=O) groups is 1. The van der Waals surface area contributed by atoms with Gasteiger partial charge in [0.15, 0.2) is 18.1 Å². The maximum atomic E-state index is 14.1. The topological polar surface area (TPSA) is 52.5 Å². The molecule has 0 unspecified atom stereocenters. The number of allylic oxidation sites excluding steroid dienone is 1. The Morgan fingerprint density at radius 3 is 2.68 bits per heavy atom. The lowest BCUT2D eigenvalue weighted by molar-refractivity contribution is -0.118. The molecule has 28 heavy (non-hydrogen) atoms. The van der Waals surface area contributed by atoms with E-state index < -0.39 is 11.7 Å². The van der Waals surface area contributed by atoms with Crippen molar-refractivity contribution in [3.63, 3.8) is 0 Å². The summed E-state index contributed by atoms with van der Waals surface area (Å²) in [5, 5.41) is 2.55. The molecule has 0 atom stereocenters. The molecule has 0 spiro atoms. The monoisotopic (exact) mass is 380 g/mol. The fourth-order valence-electron chi connectivity index (χ4n) is 2.73. The van der Waals surface area contributed by atoms with E-state index in [4.69, 9.17) is 9.47 Å².